The number of fused-ring (bicyclic) bond motifs is 2. The molecule has 1 atom stereocenters. The number of aromatic nitrogens is 2. The van der Waals surface area contributed by atoms with Gasteiger partial charge in [0.15, 0.2) is 5.82 Å². The highest BCUT2D eigenvalue weighted by atomic mass is 32.1. The standard InChI is InChI=1S/C21H26N4OS/c1-24-10-8-17-14(12-24)11-22-20(23-17)18-6-4-9-25(18)21(26)16-13-27-19-7-3-2-5-15(16)19/h11,13,18H,2-10,12H2,1H3/t18-/m0/s1. The molecule has 2 aromatic heterocycles. The van der Waals surface area contributed by atoms with Gasteiger partial charge in [-0.15, -0.1) is 11.3 Å². The summed E-state index contributed by atoms with van der Waals surface area (Å²) in [6.07, 6.45) is 9.62. The lowest BCUT2D eigenvalue weighted by Gasteiger charge is -2.27. The van der Waals surface area contributed by atoms with E-state index in [9.17, 15) is 4.79 Å². The Balaban J connectivity index is 1.42. The molecule has 27 heavy (non-hydrogen) atoms. The van der Waals surface area contributed by atoms with Gasteiger partial charge in [0.25, 0.3) is 5.91 Å². The molecule has 2 aliphatic heterocycles. The number of hydrogen-bond donors (Lipinski definition) is 0. The van der Waals surface area contributed by atoms with Gasteiger partial charge in [-0.25, -0.2) is 9.97 Å². The Morgan fingerprint density at radius 2 is 2.07 bits per heavy atom. The fraction of sp³-hybridized carbons (Fsp3) is 0.571. The van der Waals surface area contributed by atoms with Gasteiger partial charge in [-0.3, -0.25) is 4.79 Å². The summed E-state index contributed by atoms with van der Waals surface area (Å²) in [5, 5.41) is 2.09. The number of rotatable bonds is 2. The van der Waals surface area contributed by atoms with E-state index in [2.05, 4.69) is 22.3 Å². The fourth-order valence-corrected chi connectivity index (χ4v) is 5.86. The maximum absolute atomic E-state index is 13.4. The Bertz CT molecular complexity index is 877. The summed E-state index contributed by atoms with van der Waals surface area (Å²) in [6, 6.07) is 0.0293. The minimum Gasteiger partial charge on any atom is -0.328 e. The molecule has 0 aromatic carbocycles. The first-order valence-corrected chi connectivity index (χ1v) is 11.0. The average molecular weight is 383 g/mol. The molecular formula is C21H26N4OS. The number of carbonyl (C=O) groups excluding carboxylic acids is 1. The smallest absolute Gasteiger partial charge is 0.255 e. The van der Waals surface area contributed by atoms with Crippen LogP contribution in [-0.2, 0) is 25.8 Å². The highest BCUT2D eigenvalue weighted by Gasteiger charge is 2.35. The van der Waals surface area contributed by atoms with E-state index in [0.717, 1.165) is 63.1 Å². The summed E-state index contributed by atoms with van der Waals surface area (Å²) >= 11 is 1.77. The topological polar surface area (TPSA) is 49.3 Å². The fourth-order valence-electron chi connectivity index (χ4n) is 4.74. The lowest BCUT2D eigenvalue weighted by molar-refractivity contribution is 0.0728. The molecule has 4 heterocycles. The third-order valence-electron chi connectivity index (χ3n) is 6.25. The van der Waals surface area contributed by atoms with Gasteiger partial charge < -0.3 is 9.80 Å². The van der Waals surface area contributed by atoms with Crippen LogP contribution >= 0.6 is 11.3 Å². The Labute approximate surface area is 164 Å². The minimum absolute atomic E-state index is 0.0293. The van der Waals surface area contributed by atoms with Crippen molar-refractivity contribution in [3.05, 3.63) is 44.7 Å². The second-order valence-corrected chi connectivity index (χ2v) is 9.07. The van der Waals surface area contributed by atoms with Gasteiger partial charge in [0, 0.05) is 53.8 Å². The van der Waals surface area contributed by atoms with Crippen molar-refractivity contribution < 1.29 is 4.79 Å². The van der Waals surface area contributed by atoms with Gasteiger partial charge in [0.05, 0.1) is 11.6 Å². The summed E-state index contributed by atoms with van der Waals surface area (Å²) < 4.78 is 0. The van der Waals surface area contributed by atoms with E-state index < -0.39 is 0 Å². The Morgan fingerprint density at radius 1 is 1.19 bits per heavy atom. The number of carbonyl (C=O) groups is 1. The van der Waals surface area contributed by atoms with E-state index in [4.69, 9.17) is 4.98 Å². The molecule has 1 fully saturated rings. The zero-order valence-corrected chi connectivity index (χ0v) is 16.7. The molecule has 0 saturated carbocycles. The minimum atomic E-state index is 0.0293. The summed E-state index contributed by atoms with van der Waals surface area (Å²) in [5.41, 5.74) is 4.66. The molecule has 1 saturated heterocycles. The van der Waals surface area contributed by atoms with Gasteiger partial charge >= 0.3 is 0 Å². The predicted molar refractivity (Wildman–Crippen MR) is 106 cm³/mol. The van der Waals surface area contributed by atoms with Crippen molar-refractivity contribution in [3.63, 3.8) is 0 Å². The molecular weight excluding hydrogens is 356 g/mol. The quantitative estimate of drug-likeness (QED) is 0.799. The maximum Gasteiger partial charge on any atom is 0.255 e. The normalized spacial score (nSPS) is 22.6. The van der Waals surface area contributed by atoms with Crippen LogP contribution in [-0.4, -0.2) is 45.8 Å². The summed E-state index contributed by atoms with van der Waals surface area (Å²) in [6.45, 7) is 2.78. The van der Waals surface area contributed by atoms with E-state index in [1.165, 1.54) is 34.5 Å². The van der Waals surface area contributed by atoms with Gasteiger partial charge in [0.1, 0.15) is 0 Å². The number of thiophene rings is 1. The van der Waals surface area contributed by atoms with Gasteiger partial charge in [-0.05, 0) is 51.1 Å². The first-order valence-electron chi connectivity index (χ1n) is 10.1. The SMILES string of the molecule is CN1CCc2nc([C@@H]3CCCN3C(=O)c3csc4c3CCCC4)ncc2C1. The number of nitrogens with zero attached hydrogens (tertiary/aromatic N) is 4. The second kappa shape index (κ2) is 6.99. The first-order chi connectivity index (χ1) is 13.2. The van der Waals surface area contributed by atoms with Crippen LogP contribution in [0.3, 0.4) is 0 Å². The van der Waals surface area contributed by atoms with Crippen molar-refractivity contribution in [2.45, 2.75) is 57.5 Å². The van der Waals surface area contributed by atoms with Crippen LogP contribution in [0.15, 0.2) is 11.6 Å². The molecule has 2 aromatic rings. The van der Waals surface area contributed by atoms with Crippen molar-refractivity contribution in [1.29, 1.82) is 0 Å². The lowest BCUT2D eigenvalue weighted by Crippen LogP contribution is -2.33. The summed E-state index contributed by atoms with van der Waals surface area (Å²) in [5.74, 6) is 1.03. The van der Waals surface area contributed by atoms with Crippen LogP contribution < -0.4 is 0 Å². The van der Waals surface area contributed by atoms with Crippen molar-refractivity contribution in [3.8, 4) is 0 Å². The van der Waals surface area contributed by atoms with Crippen LogP contribution in [0.5, 0.6) is 0 Å². The molecule has 1 aliphatic carbocycles. The monoisotopic (exact) mass is 382 g/mol. The van der Waals surface area contributed by atoms with E-state index in [1.807, 2.05) is 11.1 Å². The third kappa shape index (κ3) is 3.09. The molecule has 0 N–H and O–H groups in total. The maximum atomic E-state index is 13.4. The predicted octanol–water partition coefficient (Wildman–Crippen LogP) is 3.38. The van der Waals surface area contributed by atoms with Crippen LogP contribution in [0, 0.1) is 0 Å². The van der Waals surface area contributed by atoms with Crippen LogP contribution in [0.2, 0.25) is 0 Å². The molecule has 5 nitrogen and oxygen atoms in total. The van der Waals surface area contributed by atoms with Crippen LogP contribution in [0.25, 0.3) is 0 Å². The molecule has 3 aliphatic rings. The van der Waals surface area contributed by atoms with Crippen LogP contribution in [0.1, 0.15) is 69.6 Å². The number of aryl methyl sites for hydroxylation is 1. The molecule has 0 radical (unpaired) electrons. The molecule has 6 heteroatoms. The third-order valence-corrected chi connectivity index (χ3v) is 7.34. The lowest BCUT2D eigenvalue weighted by atomic mass is 9.95. The van der Waals surface area contributed by atoms with E-state index in [0.29, 0.717) is 0 Å². The number of amides is 1. The Hall–Kier alpha value is -1.79. The van der Waals surface area contributed by atoms with E-state index >= 15 is 0 Å². The molecule has 5 rings (SSSR count). The van der Waals surface area contributed by atoms with Gasteiger partial charge in [0.2, 0.25) is 0 Å². The summed E-state index contributed by atoms with van der Waals surface area (Å²) in [7, 11) is 2.13. The molecule has 1 amide bonds. The van der Waals surface area contributed by atoms with Crippen LogP contribution in [0.4, 0.5) is 0 Å². The zero-order chi connectivity index (χ0) is 18.4. The largest absolute Gasteiger partial charge is 0.328 e. The highest BCUT2D eigenvalue weighted by Crippen LogP contribution is 2.36. The highest BCUT2D eigenvalue weighted by molar-refractivity contribution is 7.10. The van der Waals surface area contributed by atoms with Crippen molar-refractivity contribution in [2.24, 2.45) is 0 Å². The van der Waals surface area contributed by atoms with Gasteiger partial charge in [-0.2, -0.15) is 0 Å². The van der Waals surface area contributed by atoms with Crippen molar-refractivity contribution in [1.82, 2.24) is 19.8 Å². The molecule has 142 valence electrons. The zero-order valence-electron chi connectivity index (χ0n) is 15.9. The number of likely N-dealkylation sites (N-methyl/N-ethyl adjacent to an activating group) is 1. The Kier molecular flexibility index (Phi) is 4.48. The Morgan fingerprint density at radius 3 is 3.00 bits per heavy atom. The molecule has 0 bridgehead atoms. The van der Waals surface area contributed by atoms with Crippen molar-refractivity contribution >= 4 is 17.2 Å². The molecule has 0 unspecified atom stereocenters. The number of hydrogen-bond acceptors (Lipinski definition) is 5. The first kappa shape index (κ1) is 17.3. The second-order valence-electron chi connectivity index (χ2n) is 8.10. The molecule has 0 spiro atoms. The summed E-state index contributed by atoms with van der Waals surface area (Å²) in [4.78, 5) is 28.7. The van der Waals surface area contributed by atoms with E-state index in [-0.39, 0.29) is 11.9 Å². The van der Waals surface area contributed by atoms with Gasteiger partial charge in [-0.1, -0.05) is 0 Å². The number of likely N-dealkylation sites (tertiary alicyclic amines) is 1. The average Bonchev–Trinajstić information content (AvgIpc) is 3.34. The van der Waals surface area contributed by atoms with Crippen molar-refractivity contribution in [2.75, 3.05) is 20.1 Å². The van der Waals surface area contributed by atoms with E-state index in [1.54, 1.807) is 11.3 Å².